The van der Waals surface area contributed by atoms with Crippen LogP contribution < -0.4 is 16.2 Å². The van der Waals surface area contributed by atoms with E-state index in [9.17, 15) is 19.2 Å². The number of nitrogens with one attached hydrogen (secondary N) is 3. The summed E-state index contributed by atoms with van der Waals surface area (Å²) in [5, 5.41) is 2.20. The molecule has 1 unspecified atom stereocenters. The van der Waals surface area contributed by atoms with Crippen LogP contribution in [0, 0.1) is 0 Å². The molecule has 2 saturated heterocycles. The van der Waals surface area contributed by atoms with Gasteiger partial charge in [-0.15, -0.1) is 0 Å². The Balaban J connectivity index is 1.54. The molecular weight excluding hydrogens is 350 g/mol. The summed E-state index contributed by atoms with van der Waals surface area (Å²) in [4.78, 5) is 52.2. The summed E-state index contributed by atoms with van der Waals surface area (Å²) in [5.74, 6) is -1.91. The lowest BCUT2D eigenvalue weighted by Crippen LogP contribution is -2.54. The normalized spacial score (nSPS) is 24.0. The number of imide groups is 2. The molecule has 3 N–H and O–H groups in total. The molecule has 4 amide bonds. The summed E-state index contributed by atoms with van der Waals surface area (Å²) in [6.45, 7) is 4.08. The number of nitrogens with zero attached hydrogens (tertiary/aromatic N) is 2. The van der Waals surface area contributed by atoms with E-state index in [1.807, 2.05) is 6.07 Å². The highest BCUT2D eigenvalue weighted by molar-refractivity contribution is 6.23. The molecule has 1 aromatic carbocycles. The Kier molecular flexibility index (Phi) is 4.73. The molecule has 0 aromatic heterocycles. The maximum atomic E-state index is 12.8. The lowest BCUT2D eigenvalue weighted by atomic mass is 10.0. The van der Waals surface area contributed by atoms with E-state index in [0.717, 1.165) is 36.6 Å². The monoisotopic (exact) mass is 371 g/mol. The molecule has 0 spiro atoms. The van der Waals surface area contributed by atoms with Gasteiger partial charge in [0.05, 0.1) is 11.1 Å². The van der Waals surface area contributed by atoms with Crippen molar-refractivity contribution in [3.05, 3.63) is 34.9 Å². The highest BCUT2D eigenvalue weighted by Gasteiger charge is 2.44. The lowest BCUT2D eigenvalue weighted by Gasteiger charge is -2.27. The number of carbonyl (C=O) groups is 4. The summed E-state index contributed by atoms with van der Waals surface area (Å²) in [5.41, 5.74) is 7.80. The first kappa shape index (κ1) is 17.8. The van der Waals surface area contributed by atoms with Crippen molar-refractivity contribution in [3.63, 3.8) is 0 Å². The van der Waals surface area contributed by atoms with Gasteiger partial charge in [-0.25, -0.2) is 0 Å². The van der Waals surface area contributed by atoms with Crippen LogP contribution in [0.3, 0.4) is 0 Å². The minimum absolute atomic E-state index is 0.117. The van der Waals surface area contributed by atoms with Crippen LogP contribution in [0.25, 0.3) is 0 Å². The highest BCUT2D eigenvalue weighted by atomic mass is 16.2. The van der Waals surface area contributed by atoms with E-state index in [2.05, 4.69) is 21.1 Å². The second kappa shape index (κ2) is 7.18. The predicted octanol–water partition coefficient (Wildman–Crippen LogP) is -1.00. The van der Waals surface area contributed by atoms with E-state index in [0.29, 0.717) is 17.7 Å². The van der Waals surface area contributed by atoms with Crippen LogP contribution in [0.1, 0.15) is 39.1 Å². The van der Waals surface area contributed by atoms with E-state index < -0.39 is 23.8 Å². The molecule has 0 saturated carbocycles. The van der Waals surface area contributed by atoms with Crippen molar-refractivity contribution < 1.29 is 19.2 Å². The first-order valence-corrected chi connectivity index (χ1v) is 9.07. The molecule has 1 aromatic rings. The third kappa shape index (κ3) is 3.36. The van der Waals surface area contributed by atoms with Gasteiger partial charge in [-0.1, -0.05) is 6.07 Å². The van der Waals surface area contributed by atoms with E-state index in [4.69, 9.17) is 0 Å². The number of hydrazine groups is 1. The fourth-order valence-electron chi connectivity index (χ4n) is 3.75. The minimum Gasteiger partial charge on any atom is -0.296 e. The molecule has 1 atom stereocenters. The Hall–Kier alpha value is -2.62. The van der Waals surface area contributed by atoms with Gasteiger partial charge in [0.25, 0.3) is 11.8 Å². The van der Waals surface area contributed by atoms with E-state index >= 15 is 0 Å². The van der Waals surface area contributed by atoms with Gasteiger partial charge >= 0.3 is 0 Å². The topological polar surface area (TPSA) is 111 Å². The Bertz CT molecular complexity index is 816. The number of carbonyl (C=O) groups excluding carboxylic acids is 4. The Morgan fingerprint density at radius 1 is 0.963 bits per heavy atom. The number of fused-ring (bicyclic) bond motifs is 1. The van der Waals surface area contributed by atoms with E-state index in [1.165, 1.54) is 0 Å². The molecule has 9 heteroatoms. The van der Waals surface area contributed by atoms with Crippen LogP contribution in [0.4, 0.5) is 0 Å². The quantitative estimate of drug-likeness (QED) is 0.585. The number of hydrogen-bond donors (Lipinski definition) is 3. The van der Waals surface area contributed by atoms with Crippen LogP contribution in [-0.4, -0.2) is 65.6 Å². The number of hydrogen-bond acceptors (Lipinski definition) is 7. The SMILES string of the molecule is O=C1CCC(N2C(=O)c3ccc(CN4CCNNCC4)cc3C2=O)C(=O)N1. The zero-order valence-electron chi connectivity index (χ0n) is 14.8. The average molecular weight is 371 g/mol. The zero-order chi connectivity index (χ0) is 19.0. The van der Waals surface area contributed by atoms with Gasteiger partial charge in [0.15, 0.2) is 0 Å². The van der Waals surface area contributed by atoms with Crippen molar-refractivity contribution in [3.8, 4) is 0 Å². The van der Waals surface area contributed by atoms with Crippen molar-refractivity contribution in [1.82, 2.24) is 26.0 Å². The highest BCUT2D eigenvalue weighted by Crippen LogP contribution is 2.28. The van der Waals surface area contributed by atoms with Gasteiger partial charge in [-0.05, 0) is 24.1 Å². The summed E-state index contributed by atoms with van der Waals surface area (Å²) in [6.07, 6.45) is 0.281. The van der Waals surface area contributed by atoms with Gasteiger partial charge in [0.1, 0.15) is 6.04 Å². The first-order valence-electron chi connectivity index (χ1n) is 9.07. The molecule has 142 valence electrons. The zero-order valence-corrected chi connectivity index (χ0v) is 14.8. The Morgan fingerprint density at radius 2 is 1.67 bits per heavy atom. The largest absolute Gasteiger partial charge is 0.296 e. The van der Waals surface area contributed by atoms with Crippen LogP contribution in [0.15, 0.2) is 18.2 Å². The average Bonchev–Trinajstić information content (AvgIpc) is 2.82. The third-order valence-electron chi connectivity index (χ3n) is 5.14. The Labute approximate surface area is 156 Å². The van der Waals surface area contributed by atoms with E-state index in [-0.39, 0.29) is 18.7 Å². The van der Waals surface area contributed by atoms with Gasteiger partial charge in [-0.2, -0.15) is 0 Å². The van der Waals surface area contributed by atoms with Crippen molar-refractivity contribution in [2.75, 3.05) is 26.2 Å². The van der Waals surface area contributed by atoms with Crippen LogP contribution >= 0.6 is 0 Å². The van der Waals surface area contributed by atoms with Crippen LogP contribution in [0.5, 0.6) is 0 Å². The van der Waals surface area contributed by atoms with Crippen molar-refractivity contribution in [2.45, 2.75) is 25.4 Å². The maximum absolute atomic E-state index is 12.8. The van der Waals surface area contributed by atoms with Crippen molar-refractivity contribution in [1.29, 1.82) is 0 Å². The standard InChI is InChI=1S/C18H21N5O4/c24-15-4-3-14(16(25)21-15)23-17(26)12-2-1-11(9-13(12)18(23)27)10-22-7-5-19-20-6-8-22/h1-2,9,14,19-20H,3-8,10H2,(H,21,24,25). The van der Waals surface area contributed by atoms with E-state index in [1.54, 1.807) is 12.1 Å². The van der Waals surface area contributed by atoms with Crippen LogP contribution in [0.2, 0.25) is 0 Å². The van der Waals surface area contributed by atoms with Gasteiger partial charge < -0.3 is 0 Å². The molecule has 2 fully saturated rings. The minimum atomic E-state index is -0.929. The van der Waals surface area contributed by atoms with Crippen molar-refractivity contribution in [2.24, 2.45) is 0 Å². The molecule has 3 aliphatic rings. The predicted molar refractivity (Wildman–Crippen MR) is 94.4 cm³/mol. The second-order valence-corrected chi connectivity index (χ2v) is 6.96. The molecule has 9 nitrogen and oxygen atoms in total. The molecule has 4 rings (SSSR count). The number of rotatable bonds is 3. The van der Waals surface area contributed by atoms with Gasteiger partial charge in [-0.3, -0.25) is 45.1 Å². The molecule has 3 aliphatic heterocycles. The summed E-state index contributed by atoms with van der Waals surface area (Å²) in [7, 11) is 0. The fraction of sp³-hybridized carbons (Fsp3) is 0.444. The maximum Gasteiger partial charge on any atom is 0.262 e. The third-order valence-corrected chi connectivity index (χ3v) is 5.14. The van der Waals surface area contributed by atoms with Gasteiger partial charge in [0.2, 0.25) is 11.8 Å². The smallest absolute Gasteiger partial charge is 0.262 e. The molecule has 3 heterocycles. The second-order valence-electron chi connectivity index (χ2n) is 6.96. The molecule has 0 bridgehead atoms. The Morgan fingerprint density at radius 3 is 2.37 bits per heavy atom. The number of amides is 4. The molecule has 27 heavy (non-hydrogen) atoms. The summed E-state index contributed by atoms with van der Waals surface area (Å²) >= 11 is 0. The lowest BCUT2D eigenvalue weighted by molar-refractivity contribution is -0.136. The molecule has 0 radical (unpaired) electrons. The van der Waals surface area contributed by atoms with Gasteiger partial charge in [0, 0.05) is 39.1 Å². The summed E-state index contributed by atoms with van der Waals surface area (Å²) < 4.78 is 0. The van der Waals surface area contributed by atoms with Crippen molar-refractivity contribution >= 4 is 23.6 Å². The molecular formula is C18H21N5O4. The first-order chi connectivity index (χ1) is 13.0. The number of benzene rings is 1. The fourth-order valence-corrected chi connectivity index (χ4v) is 3.75. The number of piperidine rings is 1. The summed E-state index contributed by atoms with van der Waals surface area (Å²) in [6, 6.07) is 4.32. The van der Waals surface area contributed by atoms with Crippen LogP contribution in [-0.2, 0) is 16.1 Å². The molecule has 0 aliphatic carbocycles.